The van der Waals surface area contributed by atoms with E-state index in [-0.39, 0.29) is 23.2 Å². The highest BCUT2D eigenvalue weighted by molar-refractivity contribution is 5.99. The number of hydrogen-bond donors (Lipinski definition) is 2. The Hall–Kier alpha value is -3.26. The molecule has 1 saturated carbocycles. The van der Waals surface area contributed by atoms with Crippen molar-refractivity contribution in [1.29, 1.82) is 0 Å². The van der Waals surface area contributed by atoms with E-state index in [1.165, 1.54) is 6.20 Å². The van der Waals surface area contributed by atoms with Gasteiger partial charge in [0.05, 0.1) is 5.56 Å². The van der Waals surface area contributed by atoms with Crippen LogP contribution in [-0.4, -0.2) is 21.9 Å². The number of halogens is 3. The highest BCUT2D eigenvalue weighted by atomic mass is 19.1. The molecule has 3 aromatic rings. The minimum atomic E-state index is -0.994. The second-order valence-electron chi connectivity index (χ2n) is 8.41. The topological polar surface area (TPSA) is 94.9 Å². The summed E-state index contributed by atoms with van der Waals surface area (Å²) in [5.41, 5.74) is 11.7. The Balaban J connectivity index is 1.89. The third kappa shape index (κ3) is 4.10. The van der Waals surface area contributed by atoms with Crippen molar-refractivity contribution in [3.8, 4) is 22.4 Å². The van der Waals surface area contributed by atoms with Crippen LogP contribution in [0.25, 0.3) is 22.4 Å². The molecule has 0 spiro atoms. The second-order valence-corrected chi connectivity index (χ2v) is 8.41. The zero-order chi connectivity index (χ0) is 23.0. The Bertz CT molecular complexity index is 1150. The van der Waals surface area contributed by atoms with Crippen LogP contribution < -0.4 is 11.5 Å². The van der Waals surface area contributed by atoms with E-state index in [9.17, 15) is 13.6 Å². The van der Waals surface area contributed by atoms with E-state index in [4.69, 9.17) is 11.5 Å². The summed E-state index contributed by atoms with van der Waals surface area (Å²) < 4.78 is 43.7. The Kier molecular flexibility index (Phi) is 5.97. The highest BCUT2D eigenvalue weighted by Gasteiger charge is 2.29. The number of carbonyl (C=O) groups is 1. The van der Waals surface area contributed by atoms with Crippen molar-refractivity contribution < 1.29 is 18.0 Å². The molecule has 1 aromatic carbocycles. The van der Waals surface area contributed by atoms with Crippen molar-refractivity contribution in [2.45, 2.75) is 38.1 Å². The van der Waals surface area contributed by atoms with E-state index in [2.05, 4.69) is 16.9 Å². The lowest BCUT2D eigenvalue weighted by Gasteiger charge is -2.32. The number of aromatic nitrogens is 2. The van der Waals surface area contributed by atoms with Gasteiger partial charge in [0, 0.05) is 29.6 Å². The highest BCUT2D eigenvalue weighted by Crippen LogP contribution is 2.41. The van der Waals surface area contributed by atoms with Crippen LogP contribution in [0.1, 0.15) is 48.2 Å². The van der Waals surface area contributed by atoms with Gasteiger partial charge in [-0.2, -0.15) is 0 Å². The first kappa shape index (κ1) is 22.0. The first-order valence-corrected chi connectivity index (χ1v) is 10.4. The monoisotopic (exact) mass is 440 g/mol. The summed E-state index contributed by atoms with van der Waals surface area (Å²) in [6.07, 6.45) is 5.68. The molecular formula is C24H23F3N4O. The molecule has 0 saturated heterocycles. The quantitative estimate of drug-likeness (QED) is 0.622. The fraction of sp³-hybridized carbons (Fsp3) is 0.292. The van der Waals surface area contributed by atoms with E-state index in [1.807, 2.05) is 6.07 Å². The van der Waals surface area contributed by atoms with Crippen LogP contribution in [0.5, 0.6) is 0 Å². The van der Waals surface area contributed by atoms with Gasteiger partial charge in [-0.25, -0.2) is 18.2 Å². The van der Waals surface area contributed by atoms with Crippen LogP contribution in [0, 0.1) is 23.4 Å². The lowest BCUT2D eigenvalue weighted by molar-refractivity contribution is 0.0996. The largest absolute Gasteiger partial charge is 0.364 e. The van der Waals surface area contributed by atoms with Gasteiger partial charge in [0.25, 0.3) is 5.91 Å². The molecule has 1 aliphatic carbocycles. The normalized spacial score (nSPS) is 20.8. The minimum Gasteiger partial charge on any atom is -0.364 e. The van der Waals surface area contributed by atoms with Crippen LogP contribution in [0.3, 0.4) is 0 Å². The molecule has 1 amide bonds. The summed E-state index contributed by atoms with van der Waals surface area (Å²) in [6, 6.07) is 6.03. The number of carbonyl (C=O) groups excluding carboxylic acids is 1. The Labute approximate surface area is 183 Å². The third-order valence-electron chi connectivity index (χ3n) is 5.97. The number of rotatable bonds is 4. The zero-order valence-corrected chi connectivity index (χ0v) is 17.5. The molecule has 2 aromatic heterocycles. The van der Waals surface area contributed by atoms with Gasteiger partial charge < -0.3 is 11.5 Å². The third-order valence-corrected chi connectivity index (χ3v) is 5.97. The van der Waals surface area contributed by atoms with Gasteiger partial charge in [-0.1, -0.05) is 13.0 Å². The molecule has 0 bridgehead atoms. The van der Waals surface area contributed by atoms with Crippen molar-refractivity contribution in [2.75, 3.05) is 0 Å². The molecule has 4 rings (SSSR count). The van der Waals surface area contributed by atoms with Gasteiger partial charge in [-0.3, -0.25) is 9.78 Å². The average Bonchev–Trinajstić information content (AvgIpc) is 2.73. The predicted octanol–water partition coefficient (Wildman–Crippen LogP) is 4.56. The van der Waals surface area contributed by atoms with Crippen molar-refractivity contribution >= 4 is 5.91 Å². The Morgan fingerprint density at radius 2 is 1.75 bits per heavy atom. The van der Waals surface area contributed by atoms with Gasteiger partial charge in [0.15, 0.2) is 0 Å². The number of nitrogens with two attached hydrogens (primary N) is 2. The number of amides is 1. The summed E-state index contributed by atoms with van der Waals surface area (Å²) in [7, 11) is 0. The molecule has 32 heavy (non-hydrogen) atoms. The van der Waals surface area contributed by atoms with Gasteiger partial charge in [-0.05, 0) is 60.9 Å². The number of primary amides is 1. The van der Waals surface area contributed by atoms with Gasteiger partial charge in [0.1, 0.15) is 28.8 Å². The van der Waals surface area contributed by atoms with E-state index in [0.29, 0.717) is 11.5 Å². The van der Waals surface area contributed by atoms with E-state index < -0.39 is 34.6 Å². The van der Waals surface area contributed by atoms with Gasteiger partial charge in [-0.15, -0.1) is 0 Å². The maximum absolute atomic E-state index is 15.1. The van der Waals surface area contributed by atoms with Crippen LogP contribution >= 0.6 is 0 Å². The van der Waals surface area contributed by atoms with Crippen LogP contribution in [-0.2, 0) is 0 Å². The number of benzene rings is 1. The van der Waals surface area contributed by atoms with Crippen LogP contribution in [0.15, 0.2) is 42.7 Å². The fourth-order valence-corrected chi connectivity index (χ4v) is 4.68. The number of hydrogen-bond acceptors (Lipinski definition) is 4. The van der Waals surface area contributed by atoms with Crippen molar-refractivity contribution in [3.63, 3.8) is 0 Å². The molecule has 3 atom stereocenters. The average molecular weight is 440 g/mol. The molecule has 166 valence electrons. The second kappa shape index (κ2) is 8.70. The first-order valence-electron chi connectivity index (χ1n) is 10.4. The summed E-state index contributed by atoms with van der Waals surface area (Å²) in [6.45, 7) is 2.13. The maximum Gasteiger partial charge on any atom is 0.267 e. The molecule has 0 unspecified atom stereocenters. The van der Waals surface area contributed by atoms with Gasteiger partial charge in [0.2, 0.25) is 0 Å². The standard InChI is InChI=1S/C24H23F3N4O/c1-12-7-13(9-14(28)8-12)15-5-6-30-11-17(15)16-10-20(27)23(31-22(16)24(29)32)21-18(25)3-2-4-19(21)26/h2-6,10-14H,7-9,28H2,1H3,(H2,29,32)/t12-,13+,14-/m0/s1. The maximum atomic E-state index is 15.1. The van der Waals surface area contributed by atoms with Crippen molar-refractivity contribution in [1.82, 2.24) is 9.97 Å². The lowest BCUT2D eigenvalue weighted by Crippen LogP contribution is -2.31. The number of nitrogens with zero attached hydrogens (tertiary/aromatic N) is 2. The summed E-state index contributed by atoms with van der Waals surface area (Å²) >= 11 is 0. The molecule has 0 aliphatic heterocycles. The van der Waals surface area contributed by atoms with E-state index >= 15 is 4.39 Å². The van der Waals surface area contributed by atoms with Crippen molar-refractivity contribution in [3.05, 3.63) is 71.4 Å². The minimum absolute atomic E-state index is 0.0293. The van der Waals surface area contributed by atoms with Crippen LogP contribution in [0.4, 0.5) is 13.2 Å². The SMILES string of the molecule is C[C@@H]1C[C@H](N)C[C@H](c2ccncc2-c2cc(F)c(-c3c(F)cccc3F)nc2C(N)=O)C1. The van der Waals surface area contributed by atoms with Gasteiger partial charge >= 0.3 is 0 Å². The lowest BCUT2D eigenvalue weighted by atomic mass is 9.75. The predicted molar refractivity (Wildman–Crippen MR) is 115 cm³/mol. The zero-order valence-electron chi connectivity index (χ0n) is 17.5. The molecule has 8 heteroatoms. The first-order chi connectivity index (χ1) is 15.3. The Morgan fingerprint density at radius 3 is 2.41 bits per heavy atom. The van der Waals surface area contributed by atoms with Crippen LogP contribution in [0.2, 0.25) is 0 Å². The summed E-state index contributed by atoms with van der Waals surface area (Å²) in [5, 5.41) is 0. The molecule has 1 fully saturated rings. The molecule has 5 nitrogen and oxygen atoms in total. The van der Waals surface area contributed by atoms with Crippen molar-refractivity contribution in [2.24, 2.45) is 17.4 Å². The molecule has 2 heterocycles. The van der Waals surface area contributed by atoms with E-state index in [1.54, 1.807) is 6.20 Å². The summed E-state index contributed by atoms with van der Waals surface area (Å²) in [5.74, 6) is -3.42. The van der Waals surface area contributed by atoms with E-state index in [0.717, 1.165) is 49.1 Å². The number of pyridine rings is 2. The molecule has 0 radical (unpaired) electrons. The molecular weight excluding hydrogens is 417 g/mol. The fourth-order valence-electron chi connectivity index (χ4n) is 4.68. The Morgan fingerprint density at radius 1 is 1.03 bits per heavy atom. The molecule has 4 N–H and O–H groups in total. The molecule has 1 aliphatic rings. The summed E-state index contributed by atoms with van der Waals surface area (Å²) in [4.78, 5) is 20.4. The smallest absolute Gasteiger partial charge is 0.267 e.